The first-order valence-corrected chi connectivity index (χ1v) is 6.30. The Morgan fingerprint density at radius 3 is 2.50 bits per heavy atom. The van der Waals surface area contributed by atoms with Crippen molar-refractivity contribution in [1.82, 2.24) is 5.32 Å². The largest absolute Gasteiger partial charge is 0.507 e. The Morgan fingerprint density at radius 2 is 1.78 bits per heavy atom. The minimum atomic E-state index is 0. The van der Waals surface area contributed by atoms with Gasteiger partial charge in [-0.1, -0.05) is 36.8 Å². The van der Waals surface area contributed by atoms with Crippen molar-refractivity contribution >= 4 is 23.2 Å². The zero-order valence-electron chi connectivity index (χ0n) is 10.2. The molecule has 2 nitrogen and oxygen atoms in total. The monoisotopic (exact) mass is 263 g/mol. The molecule has 18 heavy (non-hydrogen) atoms. The van der Waals surface area contributed by atoms with Crippen molar-refractivity contribution in [1.29, 1.82) is 0 Å². The molecule has 0 saturated carbocycles. The molecule has 0 radical (unpaired) electrons. The van der Waals surface area contributed by atoms with Crippen LogP contribution in [0.5, 0.6) is 5.75 Å². The summed E-state index contributed by atoms with van der Waals surface area (Å²) in [6.45, 7) is 1.10. The van der Waals surface area contributed by atoms with Crippen LogP contribution < -0.4 is 5.32 Å². The maximum atomic E-state index is 9.87. The highest BCUT2D eigenvalue weighted by Gasteiger charge is 2.17. The highest BCUT2D eigenvalue weighted by Crippen LogP contribution is 2.33. The quantitative estimate of drug-likeness (QED) is 0.821. The number of fused-ring (bicyclic) bond motifs is 1. The lowest BCUT2D eigenvalue weighted by Gasteiger charge is -2.25. The first kappa shape index (κ1) is 13.2. The maximum Gasteiger partial charge on any atom is 0.123 e. The Balaban J connectivity index is 0.00000120. The number of nitrogens with one attached hydrogen (secondary N) is 1. The fraction of sp³-hybridized carbons (Fsp3) is 0.333. The van der Waals surface area contributed by atoms with Crippen LogP contribution in [0.3, 0.4) is 0 Å². The molecule has 0 spiro atoms. The van der Waals surface area contributed by atoms with Crippen LogP contribution in [0.2, 0.25) is 0 Å². The van der Waals surface area contributed by atoms with Gasteiger partial charge in [0, 0.05) is 11.4 Å². The van der Waals surface area contributed by atoms with E-state index in [9.17, 15) is 5.11 Å². The van der Waals surface area contributed by atoms with Gasteiger partial charge in [0.15, 0.2) is 0 Å². The second-order valence-electron chi connectivity index (χ2n) is 4.72. The Bertz CT molecular complexity index is 535. The molecular formula is C15H18ClNO. The van der Waals surface area contributed by atoms with Crippen molar-refractivity contribution in [2.24, 2.45) is 0 Å². The van der Waals surface area contributed by atoms with Gasteiger partial charge in [-0.25, -0.2) is 0 Å². The van der Waals surface area contributed by atoms with Gasteiger partial charge in [-0.2, -0.15) is 0 Å². The van der Waals surface area contributed by atoms with E-state index in [0.717, 1.165) is 11.9 Å². The van der Waals surface area contributed by atoms with E-state index in [4.69, 9.17) is 0 Å². The second kappa shape index (κ2) is 5.59. The summed E-state index contributed by atoms with van der Waals surface area (Å²) in [6, 6.07) is 12.4. The fourth-order valence-electron chi connectivity index (χ4n) is 2.73. The maximum absolute atomic E-state index is 9.87. The Morgan fingerprint density at radius 1 is 1.00 bits per heavy atom. The van der Waals surface area contributed by atoms with Crippen LogP contribution in [0.25, 0.3) is 10.8 Å². The van der Waals surface area contributed by atoms with Gasteiger partial charge in [-0.15, -0.1) is 12.4 Å². The summed E-state index contributed by atoms with van der Waals surface area (Å²) in [5, 5.41) is 15.6. The van der Waals surface area contributed by atoms with Gasteiger partial charge >= 0.3 is 0 Å². The highest BCUT2D eigenvalue weighted by molar-refractivity contribution is 5.91. The van der Waals surface area contributed by atoms with Crippen LogP contribution >= 0.6 is 12.4 Å². The number of benzene rings is 2. The normalized spacial score (nSPS) is 19.4. The second-order valence-corrected chi connectivity index (χ2v) is 4.72. The third kappa shape index (κ3) is 2.31. The molecular weight excluding hydrogens is 246 g/mol. The first-order valence-electron chi connectivity index (χ1n) is 6.30. The predicted molar refractivity (Wildman–Crippen MR) is 77.5 cm³/mol. The van der Waals surface area contributed by atoms with E-state index in [1.165, 1.54) is 30.2 Å². The van der Waals surface area contributed by atoms with Gasteiger partial charge < -0.3 is 10.4 Å². The molecule has 1 atom stereocenters. The van der Waals surface area contributed by atoms with Crippen molar-refractivity contribution in [3.63, 3.8) is 0 Å². The van der Waals surface area contributed by atoms with Gasteiger partial charge in [-0.3, -0.25) is 0 Å². The smallest absolute Gasteiger partial charge is 0.123 e. The van der Waals surface area contributed by atoms with Crippen LogP contribution in [0.1, 0.15) is 30.9 Å². The Hall–Kier alpha value is -1.25. The molecule has 1 aliphatic rings. The SMILES string of the molecule is Cl.Oc1ccc([C@H]2CCCCN2)c2ccccc12. The molecule has 3 rings (SSSR count). The van der Waals surface area contributed by atoms with Crippen LogP contribution in [0.4, 0.5) is 0 Å². The van der Waals surface area contributed by atoms with Crippen LogP contribution in [0.15, 0.2) is 36.4 Å². The van der Waals surface area contributed by atoms with Crippen molar-refractivity contribution in [3.8, 4) is 5.75 Å². The lowest BCUT2D eigenvalue weighted by molar-refractivity contribution is 0.414. The molecule has 0 bridgehead atoms. The molecule has 1 heterocycles. The van der Waals surface area contributed by atoms with E-state index in [2.05, 4.69) is 17.4 Å². The summed E-state index contributed by atoms with van der Waals surface area (Å²) in [7, 11) is 0. The minimum Gasteiger partial charge on any atom is -0.507 e. The summed E-state index contributed by atoms with van der Waals surface area (Å²) in [5.41, 5.74) is 1.32. The molecule has 0 amide bonds. The summed E-state index contributed by atoms with van der Waals surface area (Å²) in [5.74, 6) is 0.375. The number of hydrogen-bond donors (Lipinski definition) is 2. The van der Waals surface area contributed by atoms with Gasteiger partial charge in [0.25, 0.3) is 0 Å². The van der Waals surface area contributed by atoms with E-state index in [0.29, 0.717) is 11.8 Å². The highest BCUT2D eigenvalue weighted by atomic mass is 35.5. The third-order valence-electron chi connectivity index (χ3n) is 3.62. The van der Waals surface area contributed by atoms with Gasteiger partial charge in [0.2, 0.25) is 0 Å². The lowest BCUT2D eigenvalue weighted by atomic mass is 9.93. The number of phenols is 1. The Labute approximate surface area is 113 Å². The molecule has 3 heteroatoms. The van der Waals surface area contributed by atoms with E-state index in [1.807, 2.05) is 24.3 Å². The van der Waals surface area contributed by atoms with Crippen LogP contribution in [-0.2, 0) is 0 Å². The molecule has 2 N–H and O–H groups in total. The van der Waals surface area contributed by atoms with Crippen molar-refractivity contribution < 1.29 is 5.11 Å². The van der Waals surface area contributed by atoms with Crippen LogP contribution in [0, 0.1) is 0 Å². The average Bonchev–Trinajstić information content (AvgIpc) is 2.41. The first-order chi connectivity index (χ1) is 8.36. The number of aromatic hydroxyl groups is 1. The van der Waals surface area contributed by atoms with Crippen LogP contribution in [-0.4, -0.2) is 11.7 Å². The number of phenolic OH excluding ortho intramolecular Hbond substituents is 1. The van der Waals surface area contributed by atoms with Gasteiger partial charge in [0.05, 0.1) is 0 Å². The molecule has 2 aromatic carbocycles. The van der Waals surface area contributed by atoms with Crippen molar-refractivity contribution in [2.75, 3.05) is 6.54 Å². The number of hydrogen-bond acceptors (Lipinski definition) is 2. The zero-order valence-corrected chi connectivity index (χ0v) is 11.0. The summed E-state index contributed by atoms with van der Waals surface area (Å²) in [4.78, 5) is 0. The number of rotatable bonds is 1. The summed E-state index contributed by atoms with van der Waals surface area (Å²) < 4.78 is 0. The molecule has 1 saturated heterocycles. The molecule has 1 aliphatic heterocycles. The molecule has 96 valence electrons. The molecule has 0 aromatic heterocycles. The van der Waals surface area contributed by atoms with E-state index < -0.39 is 0 Å². The minimum absolute atomic E-state index is 0. The number of piperidine rings is 1. The standard InChI is InChI=1S/C15H17NO.ClH/c17-15-9-8-12(14-7-3-4-10-16-14)11-5-1-2-6-13(11)15;/h1-2,5-6,8-9,14,16-17H,3-4,7,10H2;1H/t14-;/m1./s1. The Kier molecular flexibility index (Phi) is 4.10. The molecule has 0 aliphatic carbocycles. The molecule has 2 aromatic rings. The predicted octanol–water partition coefficient (Wildman–Crippen LogP) is 3.78. The molecule has 0 unspecified atom stereocenters. The van der Waals surface area contributed by atoms with Gasteiger partial charge in [-0.05, 0) is 36.4 Å². The van der Waals surface area contributed by atoms with Gasteiger partial charge in [0.1, 0.15) is 5.75 Å². The summed E-state index contributed by atoms with van der Waals surface area (Å²) >= 11 is 0. The zero-order chi connectivity index (χ0) is 11.7. The average molecular weight is 264 g/mol. The topological polar surface area (TPSA) is 32.3 Å². The van der Waals surface area contributed by atoms with E-state index >= 15 is 0 Å². The van der Waals surface area contributed by atoms with Crippen molar-refractivity contribution in [3.05, 3.63) is 42.0 Å². The fourth-order valence-corrected chi connectivity index (χ4v) is 2.73. The third-order valence-corrected chi connectivity index (χ3v) is 3.62. The van der Waals surface area contributed by atoms with E-state index in [1.54, 1.807) is 0 Å². The number of halogens is 1. The lowest BCUT2D eigenvalue weighted by Crippen LogP contribution is -2.26. The van der Waals surface area contributed by atoms with E-state index in [-0.39, 0.29) is 12.4 Å². The van der Waals surface area contributed by atoms with Crippen molar-refractivity contribution in [2.45, 2.75) is 25.3 Å². The molecule has 1 fully saturated rings. The summed E-state index contributed by atoms with van der Waals surface area (Å²) in [6.07, 6.45) is 3.74.